The van der Waals surface area contributed by atoms with Crippen LogP contribution in [0.1, 0.15) is 15.9 Å². The van der Waals surface area contributed by atoms with Crippen LogP contribution in [0.5, 0.6) is 5.75 Å². The Morgan fingerprint density at radius 3 is 2.60 bits per heavy atom. The fourth-order valence-corrected chi connectivity index (χ4v) is 2.41. The number of methoxy groups -OCH3 is 1. The van der Waals surface area contributed by atoms with Gasteiger partial charge in [-0.2, -0.15) is 0 Å². The lowest BCUT2D eigenvalue weighted by atomic mass is 10.1. The number of carbonyl (C=O) groups is 1. The van der Waals surface area contributed by atoms with Gasteiger partial charge in [-0.25, -0.2) is 15.0 Å². The minimum absolute atomic E-state index is 0.0630. The van der Waals surface area contributed by atoms with E-state index in [-0.39, 0.29) is 23.0 Å². The highest BCUT2D eigenvalue weighted by Crippen LogP contribution is 2.26. The van der Waals surface area contributed by atoms with Crippen LogP contribution in [0.15, 0.2) is 29.3 Å². The summed E-state index contributed by atoms with van der Waals surface area (Å²) < 4.78 is 6.61. The number of nitrogens with two attached hydrogens (primary N) is 1. The van der Waals surface area contributed by atoms with Gasteiger partial charge in [-0.3, -0.25) is 19.5 Å². The number of ether oxygens (including phenoxy) is 1. The Bertz CT molecular complexity index is 1030. The number of amides is 1. The van der Waals surface area contributed by atoms with E-state index < -0.39 is 5.91 Å². The number of fused-ring (bicyclic) bond motifs is 1. The molecule has 0 radical (unpaired) electrons. The summed E-state index contributed by atoms with van der Waals surface area (Å²) in [6.45, 7) is 1.85. The first-order chi connectivity index (χ1) is 11.9. The molecule has 25 heavy (non-hydrogen) atoms. The number of carbonyl (C=O) groups excluding carboxylic acids is 1. The molecule has 0 unspecified atom stereocenters. The molecule has 3 N–H and O–H groups in total. The monoisotopic (exact) mass is 340 g/mol. The van der Waals surface area contributed by atoms with Crippen molar-refractivity contribution in [3.63, 3.8) is 0 Å². The molecule has 0 bridgehead atoms. The van der Waals surface area contributed by atoms with Crippen molar-refractivity contribution in [1.82, 2.24) is 19.5 Å². The van der Waals surface area contributed by atoms with E-state index >= 15 is 0 Å². The van der Waals surface area contributed by atoms with Gasteiger partial charge in [0.25, 0.3) is 11.5 Å². The molecule has 3 aromatic rings. The van der Waals surface area contributed by atoms with E-state index in [4.69, 9.17) is 10.5 Å². The van der Waals surface area contributed by atoms with Gasteiger partial charge in [-0.05, 0) is 18.6 Å². The quantitative estimate of drug-likeness (QED) is 0.725. The molecule has 0 aliphatic carbocycles. The van der Waals surface area contributed by atoms with Gasteiger partial charge in [0.2, 0.25) is 11.9 Å². The van der Waals surface area contributed by atoms with Crippen LogP contribution in [0.3, 0.4) is 0 Å². The highest BCUT2D eigenvalue weighted by molar-refractivity contribution is 6.03. The zero-order valence-corrected chi connectivity index (χ0v) is 13.9. The standard InChI is InChI=1S/C16H16N6O3/c1-8-4-5-10-11(12(8)25-3)20-16(22(2)14(10)24)21-13(23)9-6-18-15(17)19-7-9/h4-7H,1-3H3,(H2,17,18,19)(H,20,21,23). The zero-order valence-electron chi connectivity index (χ0n) is 13.9. The second-order valence-electron chi connectivity index (χ2n) is 5.40. The van der Waals surface area contributed by atoms with Gasteiger partial charge in [0.15, 0.2) is 0 Å². The van der Waals surface area contributed by atoms with Crippen molar-refractivity contribution in [1.29, 1.82) is 0 Å². The third-order valence-corrected chi connectivity index (χ3v) is 3.76. The molecule has 9 nitrogen and oxygen atoms in total. The molecule has 0 saturated heterocycles. The molecule has 0 aliphatic rings. The average molecular weight is 340 g/mol. The molecule has 1 aromatic carbocycles. The summed E-state index contributed by atoms with van der Waals surface area (Å²) in [5.41, 5.74) is 6.52. The number of hydrogen-bond donors (Lipinski definition) is 2. The minimum Gasteiger partial charge on any atom is -0.494 e. The van der Waals surface area contributed by atoms with E-state index in [1.165, 1.54) is 31.1 Å². The Hall–Kier alpha value is -3.49. The fourth-order valence-electron chi connectivity index (χ4n) is 2.41. The second-order valence-corrected chi connectivity index (χ2v) is 5.40. The summed E-state index contributed by atoms with van der Waals surface area (Å²) in [4.78, 5) is 36.8. The normalized spacial score (nSPS) is 10.7. The Labute approximate surface area is 142 Å². The Kier molecular flexibility index (Phi) is 4.05. The van der Waals surface area contributed by atoms with Crippen LogP contribution in [0.25, 0.3) is 10.9 Å². The molecule has 0 atom stereocenters. The van der Waals surface area contributed by atoms with Crippen molar-refractivity contribution in [2.24, 2.45) is 7.05 Å². The van der Waals surface area contributed by atoms with Gasteiger partial charge in [0, 0.05) is 19.4 Å². The van der Waals surface area contributed by atoms with E-state index in [1.807, 2.05) is 6.92 Å². The van der Waals surface area contributed by atoms with E-state index in [9.17, 15) is 9.59 Å². The Balaban J connectivity index is 2.10. The van der Waals surface area contributed by atoms with Crippen molar-refractivity contribution in [2.75, 3.05) is 18.2 Å². The molecule has 9 heteroatoms. The van der Waals surface area contributed by atoms with Crippen molar-refractivity contribution < 1.29 is 9.53 Å². The van der Waals surface area contributed by atoms with Crippen LogP contribution in [0.2, 0.25) is 0 Å². The van der Waals surface area contributed by atoms with Gasteiger partial charge in [-0.1, -0.05) is 6.07 Å². The maximum Gasteiger partial charge on any atom is 0.262 e. The van der Waals surface area contributed by atoms with Gasteiger partial charge in [0.05, 0.1) is 18.1 Å². The van der Waals surface area contributed by atoms with Crippen LogP contribution in [-0.4, -0.2) is 32.5 Å². The SMILES string of the molecule is COc1c(C)ccc2c(=O)n(C)c(NC(=O)c3cnc(N)nc3)nc12. The summed E-state index contributed by atoms with van der Waals surface area (Å²) in [7, 11) is 3.03. The smallest absolute Gasteiger partial charge is 0.262 e. The number of hydrogen-bond acceptors (Lipinski definition) is 7. The first-order valence-electron chi connectivity index (χ1n) is 7.35. The van der Waals surface area contributed by atoms with Crippen LogP contribution in [0.4, 0.5) is 11.9 Å². The number of anilines is 2. The van der Waals surface area contributed by atoms with E-state index in [0.29, 0.717) is 16.7 Å². The summed E-state index contributed by atoms with van der Waals surface area (Å²) >= 11 is 0. The maximum atomic E-state index is 12.6. The maximum absolute atomic E-state index is 12.6. The number of nitrogens with one attached hydrogen (secondary N) is 1. The Morgan fingerprint density at radius 1 is 1.28 bits per heavy atom. The average Bonchev–Trinajstić information content (AvgIpc) is 2.60. The van der Waals surface area contributed by atoms with Crippen LogP contribution in [0, 0.1) is 6.92 Å². The lowest BCUT2D eigenvalue weighted by Crippen LogP contribution is -2.25. The van der Waals surface area contributed by atoms with E-state index in [2.05, 4.69) is 20.3 Å². The lowest BCUT2D eigenvalue weighted by Gasteiger charge is -2.13. The van der Waals surface area contributed by atoms with E-state index in [0.717, 1.165) is 5.56 Å². The molecule has 3 rings (SSSR count). The first kappa shape index (κ1) is 16.4. The van der Waals surface area contributed by atoms with Crippen LogP contribution in [-0.2, 0) is 7.05 Å². The van der Waals surface area contributed by atoms with Gasteiger partial charge in [-0.15, -0.1) is 0 Å². The van der Waals surface area contributed by atoms with Gasteiger partial charge >= 0.3 is 0 Å². The molecule has 0 saturated carbocycles. The molecule has 0 fully saturated rings. The summed E-state index contributed by atoms with van der Waals surface area (Å²) in [6.07, 6.45) is 2.59. The number of rotatable bonds is 3. The third-order valence-electron chi connectivity index (χ3n) is 3.76. The zero-order chi connectivity index (χ0) is 18.1. The Morgan fingerprint density at radius 2 is 1.96 bits per heavy atom. The van der Waals surface area contributed by atoms with Crippen molar-refractivity contribution >= 4 is 28.7 Å². The van der Waals surface area contributed by atoms with Crippen molar-refractivity contribution in [2.45, 2.75) is 6.92 Å². The topological polar surface area (TPSA) is 125 Å². The van der Waals surface area contributed by atoms with E-state index in [1.54, 1.807) is 12.1 Å². The second kappa shape index (κ2) is 6.19. The molecule has 1 amide bonds. The van der Waals surface area contributed by atoms with Gasteiger partial charge in [0.1, 0.15) is 11.3 Å². The van der Waals surface area contributed by atoms with Crippen molar-refractivity contribution in [3.05, 3.63) is 46.0 Å². The number of aryl methyl sites for hydroxylation is 1. The minimum atomic E-state index is -0.506. The highest BCUT2D eigenvalue weighted by Gasteiger charge is 2.16. The molecule has 0 spiro atoms. The van der Waals surface area contributed by atoms with Crippen molar-refractivity contribution in [3.8, 4) is 5.75 Å². The molecule has 2 heterocycles. The number of nitrogen functional groups attached to an aromatic ring is 1. The number of nitrogens with zero attached hydrogens (tertiary/aromatic N) is 4. The predicted octanol–water partition coefficient (Wildman–Crippen LogP) is 0.875. The molecule has 128 valence electrons. The molecular weight excluding hydrogens is 324 g/mol. The molecule has 0 aliphatic heterocycles. The van der Waals surface area contributed by atoms with Gasteiger partial charge < -0.3 is 10.5 Å². The lowest BCUT2D eigenvalue weighted by molar-refractivity contribution is 0.102. The summed E-state index contributed by atoms with van der Waals surface area (Å²) in [5, 5.41) is 2.99. The highest BCUT2D eigenvalue weighted by atomic mass is 16.5. The fraction of sp³-hybridized carbons (Fsp3) is 0.188. The van der Waals surface area contributed by atoms with Crippen LogP contribution >= 0.6 is 0 Å². The first-order valence-corrected chi connectivity index (χ1v) is 7.35. The molecule has 2 aromatic heterocycles. The molecular formula is C16H16N6O3. The summed E-state index contributed by atoms with van der Waals surface area (Å²) in [6, 6.07) is 3.47. The summed E-state index contributed by atoms with van der Waals surface area (Å²) in [5.74, 6) is 0.131. The number of aromatic nitrogens is 4. The third kappa shape index (κ3) is 2.87. The predicted molar refractivity (Wildman–Crippen MR) is 92.7 cm³/mol. The number of benzene rings is 1. The largest absolute Gasteiger partial charge is 0.494 e. The van der Waals surface area contributed by atoms with Crippen LogP contribution < -0.4 is 21.3 Å².